The number of nitrogens with two attached hydrogens (primary N) is 2. The second-order valence-electron chi connectivity index (χ2n) is 23.9. The molecule has 1 amide bonds. The van der Waals surface area contributed by atoms with Crippen LogP contribution in [0.4, 0.5) is 0 Å². The van der Waals surface area contributed by atoms with Crippen LogP contribution in [0.15, 0.2) is 130 Å². The van der Waals surface area contributed by atoms with Crippen molar-refractivity contribution in [3.8, 4) is 29.6 Å². The number of nitrogens with one attached hydrogen (secondary N) is 3. The van der Waals surface area contributed by atoms with Gasteiger partial charge in [0.05, 0.1) is 30.0 Å². The highest BCUT2D eigenvalue weighted by Gasteiger charge is 2.64. The van der Waals surface area contributed by atoms with Crippen molar-refractivity contribution in [3.05, 3.63) is 159 Å². The molecule has 0 aromatic heterocycles. The van der Waals surface area contributed by atoms with Crippen molar-refractivity contribution in [2.24, 2.45) is 39.6 Å². The van der Waals surface area contributed by atoms with Crippen LogP contribution in [-0.4, -0.2) is 109 Å². The maximum absolute atomic E-state index is 15.3. The summed E-state index contributed by atoms with van der Waals surface area (Å²) < 4.78 is 6.15. The van der Waals surface area contributed by atoms with E-state index in [1.54, 1.807) is 44.2 Å². The van der Waals surface area contributed by atoms with E-state index in [2.05, 4.69) is 51.3 Å². The Labute approximate surface area is 481 Å². The lowest BCUT2D eigenvalue weighted by molar-refractivity contribution is -0.168. The van der Waals surface area contributed by atoms with Crippen molar-refractivity contribution in [2.75, 3.05) is 26.3 Å². The molecule has 0 radical (unpaired) electrons. The van der Waals surface area contributed by atoms with Crippen LogP contribution in [0.25, 0.3) is 0 Å². The molecule has 0 saturated heterocycles. The lowest BCUT2D eigenvalue weighted by atomic mass is 9.52. The number of amides is 1. The second kappa shape index (κ2) is 25.0. The van der Waals surface area contributed by atoms with E-state index in [0.717, 1.165) is 27.8 Å². The first-order valence-corrected chi connectivity index (χ1v) is 28.7. The third kappa shape index (κ3) is 12.8. The van der Waals surface area contributed by atoms with Crippen molar-refractivity contribution in [2.45, 2.75) is 145 Å². The summed E-state index contributed by atoms with van der Waals surface area (Å²) >= 11 is 0. The normalized spacial score (nSPS) is 32.4. The quantitative estimate of drug-likeness (QED) is 0.0885. The number of rotatable bonds is 2. The number of ether oxygens (including phenoxy) is 1. The molecule has 11 unspecified atom stereocenters. The van der Waals surface area contributed by atoms with E-state index in [1.807, 2.05) is 61.5 Å². The largest absolute Gasteiger partial charge is 0.508 e. The van der Waals surface area contributed by atoms with Gasteiger partial charge in [0, 0.05) is 73.6 Å². The molecule has 11 atom stereocenters. The first-order valence-electron chi connectivity index (χ1n) is 28.7. The highest BCUT2D eigenvalue weighted by molar-refractivity contribution is 5.98. The fraction of sp³-hybridized carbons (Fsp3) is 0.470. The molecule has 9 rings (SSSR count). The fourth-order valence-corrected chi connectivity index (χ4v) is 13.9. The third-order valence-electron chi connectivity index (χ3n) is 18.6. The van der Waals surface area contributed by atoms with Gasteiger partial charge < -0.3 is 62.6 Å². The molecular weight excluding hydrogens is 1040 g/mol. The van der Waals surface area contributed by atoms with Crippen LogP contribution in [-0.2, 0) is 33.6 Å². The molecule has 2 bridgehead atoms. The number of allylic oxidation sites excluding steroid dienone is 5. The number of hydrogen-bond donors (Lipinski definition) is 12. The Morgan fingerprint density at radius 3 is 2.44 bits per heavy atom. The third-order valence-corrected chi connectivity index (χ3v) is 18.6. The maximum atomic E-state index is 15.3. The molecule has 1 spiro atoms. The monoisotopic (exact) mass is 1120 g/mol. The molecule has 16 nitrogen and oxygen atoms in total. The summed E-state index contributed by atoms with van der Waals surface area (Å²) in [5, 5.41) is 93.6. The number of phenols is 1. The highest BCUT2D eigenvalue weighted by atomic mass is 16.5. The number of guanidine groups is 1. The van der Waals surface area contributed by atoms with Crippen molar-refractivity contribution in [1.29, 1.82) is 0 Å². The minimum atomic E-state index is -2.21. The minimum absolute atomic E-state index is 0.0711. The number of fused-ring (bicyclic) bond motifs is 5. The van der Waals surface area contributed by atoms with Gasteiger partial charge in [-0.1, -0.05) is 114 Å². The Hall–Kier alpha value is -6.67. The van der Waals surface area contributed by atoms with Crippen LogP contribution in [0.5, 0.6) is 5.75 Å². The van der Waals surface area contributed by atoms with Gasteiger partial charge in [-0.2, -0.15) is 4.99 Å². The zero-order chi connectivity index (χ0) is 58.6. The molecule has 6 aliphatic rings. The average Bonchev–Trinajstić information content (AvgIpc) is 1.73. The summed E-state index contributed by atoms with van der Waals surface area (Å²) in [4.78, 5) is 33.9. The first-order chi connectivity index (χ1) is 39.1. The van der Waals surface area contributed by atoms with Crippen LogP contribution in [0, 0.1) is 47.0 Å². The SMILES string of the molecule is C=C1C=CC=C(C2CCC3(C4CCC(O)Cc5cccc(c5)CC5C(c6ccc(O)cc6)CNC(N)=NC#CCC5(O)CNC5C(=O)NC(N)c6cccc(c65)CC(=O)C(C)=C4CCC3(C)O)C2O)COCC#CCC(C)=CCC1(O)O. The highest BCUT2D eigenvalue weighted by Crippen LogP contribution is 2.63. The lowest BCUT2D eigenvalue weighted by Crippen LogP contribution is -2.59. The Balaban J connectivity index is 1.14. The number of β-amino-alcohol motifs (C(OH)–C–C–N with tert-alkyl or cyclic N) is 1. The Kier molecular flexibility index (Phi) is 18.3. The number of ketones is 1. The number of benzene rings is 3. The molecule has 4 heterocycles. The summed E-state index contributed by atoms with van der Waals surface area (Å²) in [5.41, 5.74) is 15.8. The Morgan fingerprint density at radius 2 is 1.66 bits per heavy atom. The zero-order valence-electron chi connectivity index (χ0n) is 47.3. The number of carbonyl (C=O) groups excluding carboxylic acids is 2. The van der Waals surface area contributed by atoms with Gasteiger partial charge in [0.2, 0.25) is 11.9 Å². The van der Waals surface area contributed by atoms with E-state index in [1.165, 1.54) is 6.08 Å². The molecule has 434 valence electrons. The molecule has 4 aliphatic heterocycles. The molecule has 2 aliphatic carbocycles. The molecule has 14 N–H and O–H groups in total. The van der Waals surface area contributed by atoms with Crippen LogP contribution in [0.1, 0.15) is 130 Å². The molecular formula is C66H80N6O10. The smallest absolute Gasteiger partial charge is 0.243 e. The number of aliphatic hydroxyl groups is 6. The van der Waals surface area contributed by atoms with Crippen LogP contribution >= 0.6 is 0 Å². The van der Waals surface area contributed by atoms with Crippen molar-refractivity contribution < 1.29 is 50.1 Å². The number of aromatic hydroxyl groups is 1. The molecule has 82 heavy (non-hydrogen) atoms. The number of carbonyl (C=O) groups is 2. The van der Waals surface area contributed by atoms with Gasteiger partial charge >= 0.3 is 0 Å². The number of hydrogen-bond acceptors (Lipinski definition) is 15. The van der Waals surface area contributed by atoms with Gasteiger partial charge in [-0.3, -0.25) is 14.9 Å². The standard InChI is InChI=1S/C66H80N6O10/c1-40-11-5-6-32-82-38-47(16-7-12-41(2)66(80,81)30-24-40)51-26-29-65(59(51)76)54-23-22-49(74)34-43-13-8-14-44(33-43)35-55-53(45-18-20-48(73)21-19-45)37-70-62(68)69-31-10-27-64(55,79)39-71-58-57-46(15-9-17-52(57)60(67)72-61(58)77)36-56(75)42(3)50(54)25-28-63(65,4)78/h7-9,12-21,24,33,49,51,53-55,58-60,71,73-74,76,78-81H,2,11,22-23,25-30,32,34-39,67H2,1,3-4H3,(H,72,77)(H3,68,69,70). The summed E-state index contributed by atoms with van der Waals surface area (Å²) in [7, 11) is 0. The molecule has 3 aromatic rings. The van der Waals surface area contributed by atoms with E-state index in [4.69, 9.17) is 16.2 Å². The van der Waals surface area contributed by atoms with Crippen LogP contribution in [0.3, 0.4) is 0 Å². The fourth-order valence-electron chi connectivity index (χ4n) is 13.9. The summed E-state index contributed by atoms with van der Waals surface area (Å²) in [5.74, 6) is 4.28. The first kappa shape index (κ1) is 59.9. The second-order valence-corrected chi connectivity index (χ2v) is 23.9. The van der Waals surface area contributed by atoms with E-state index in [9.17, 15) is 40.5 Å². The zero-order valence-corrected chi connectivity index (χ0v) is 47.3. The van der Waals surface area contributed by atoms with Gasteiger partial charge in [0.25, 0.3) is 0 Å². The molecule has 3 aromatic carbocycles. The Bertz CT molecular complexity index is 3210. The maximum Gasteiger partial charge on any atom is 0.243 e. The van der Waals surface area contributed by atoms with Gasteiger partial charge in [-0.25, -0.2) is 0 Å². The van der Waals surface area contributed by atoms with Crippen LogP contribution in [0.2, 0.25) is 0 Å². The number of nitrogens with zero attached hydrogens (tertiary/aromatic N) is 1. The predicted octanol–water partition coefficient (Wildman–Crippen LogP) is 5.28. The van der Waals surface area contributed by atoms with Crippen LogP contribution < -0.4 is 27.4 Å². The molecule has 2 fully saturated rings. The average molecular weight is 1120 g/mol. The van der Waals surface area contributed by atoms with Crippen molar-refractivity contribution in [1.82, 2.24) is 16.0 Å². The van der Waals surface area contributed by atoms with E-state index < -0.39 is 76.4 Å². The van der Waals surface area contributed by atoms with Gasteiger partial charge in [0.1, 0.15) is 24.6 Å². The van der Waals surface area contributed by atoms with E-state index >= 15 is 4.79 Å². The van der Waals surface area contributed by atoms with E-state index in [0.29, 0.717) is 66.4 Å². The number of Topliss-reactive ketones (excluding diaryl/α,β-unsaturated/α-hetero) is 1. The minimum Gasteiger partial charge on any atom is -0.508 e. The summed E-state index contributed by atoms with van der Waals surface area (Å²) in [6, 6.07) is 21.8. The van der Waals surface area contributed by atoms with Crippen molar-refractivity contribution in [3.63, 3.8) is 0 Å². The Morgan fingerprint density at radius 1 is 0.902 bits per heavy atom. The molecule has 2 saturated carbocycles. The number of phenolic OH excluding ortho intramolecular Hbond substituents is 1. The molecule has 16 heteroatoms. The van der Waals surface area contributed by atoms with Gasteiger partial charge in [0.15, 0.2) is 11.6 Å². The summed E-state index contributed by atoms with van der Waals surface area (Å²) in [6.07, 6.45) is 6.49. The predicted molar refractivity (Wildman–Crippen MR) is 314 cm³/mol. The topological polar surface area (TPSA) is 285 Å². The number of aliphatic hydroxyl groups excluding tert-OH is 2. The number of aliphatic imine (C=N–C) groups is 1. The summed E-state index contributed by atoms with van der Waals surface area (Å²) in [6.45, 7) is 9.68. The van der Waals surface area contributed by atoms with E-state index in [-0.39, 0.29) is 87.9 Å². The lowest BCUT2D eigenvalue weighted by Gasteiger charge is -2.56. The van der Waals surface area contributed by atoms with Crippen molar-refractivity contribution >= 4 is 17.6 Å². The van der Waals surface area contributed by atoms with Gasteiger partial charge in [-0.05, 0) is 135 Å². The van der Waals surface area contributed by atoms with Gasteiger partial charge in [-0.15, -0.1) is 0 Å².